The highest BCUT2D eigenvalue weighted by molar-refractivity contribution is 5.95. The third-order valence-electron chi connectivity index (χ3n) is 5.90. The molecule has 2 amide bonds. The van der Waals surface area contributed by atoms with Gasteiger partial charge in [-0.25, -0.2) is 0 Å². The van der Waals surface area contributed by atoms with E-state index in [1.807, 2.05) is 48.5 Å². The summed E-state index contributed by atoms with van der Waals surface area (Å²) in [5.74, 6) is 1.39. The number of rotatable bonds is 19. The number of ether oxygens (including phenoxy) is 2. The van der Waals surface area contributed by atoms with E-state index in [1.165, 1.54) is 0 Å². The fourth-order valence-corrected chi connectivity index (χ4v) is 3.69. The maximum absolute atomic E-state index is 12.4. The Morgan fingerprint density at radius 1 is 0.611 bits per heavy atom. The van der Waals surface area contributed by atoms with Gasteiger partial charge in [0.15, 0.2) is 0 Å². The molecule has 2 rings (SSSR count). The second-order valence-corrected chi connectivity index (χ2v) is 9.09. The normalized spacial score (nSPS) is 10.6. The number of unbranched alkanes of at least 4 members (excludes halogenated alkanes) is 7. The van der Waals surface area contributed by atoms with Crippen LogP contribution in [0.4, 0.5) is 0 Å². The van der Waals surface area contributed by atoms with Gasteiger partial charge in [-0.05, 0) is 62.1 Å². The lowest BCUT2D eigenvalue weighted by molar-refractivity contribution is 0.0944. The van der Waals surface area contributed by atoms with E-state index in [2.05, 4.69) is 24.5 Å². The van der Waals surface area contributed by atoms with Gasteiger partial charge in [0, 0.05) is 24.2 Å². The molecule has 0 aromatic heterocycles. The number of hydrogen-bond acceptors (Lipinski definition) is 4. The first-order valence-electron chi connectivity index (χ1n) is 13.7. The van der Waals surface area contributed by atoms with E-state index in [4.69, 9.17) is 9.47 Å². The average Bonchev–Trinajstić information content (AvgIpc) is 2.90. The molecule has 6 heteroatoms. The Hall–Kier alpha value is -3.02. The van der Waals surface area contributed by atoms with Gasteiger partial charge in [0.2, 0.25) is 0 Å². The summed E-state index contributed by atoms with van der Waals surface area (Å²) in [6.45, 7) is 6.96. The van der Waals surface area contributed by atoms with Gasteiger partial charge in [0.05, 0.1) is 13.2 Å². The molecule has 0 saturated carbocycles. The van der Waals surface area contributed by atoms with Gasteiger partial charge in [0.25, 0.3) is 11.8 Å². The van der Waals surface area contributed by atoms with Crippen LogP contribution in [0.25, 0.3) is 0 Å². The van der Waals surface area contributed by atoms with Gasteiger partial charge in [0.1, 0.15) is 11.5 Å². The maximum Gasteiger partial charge on any atom is 0.251 e. The summed E-state index contributed by atoms with van der Waals surface area (Å²) in [6.07, 6.45) is 10.5. The second kappa shape index (κ2) is 18.3. The van der Waals surface area contributed by atoms with Gasteiger partial charge in [-0.1, -0.05) is 64.5 Å². The van der Waals surface area contributed by atoms with Crippen molar-refractivity contribution in [3.05, 3.63) is 59.7 Å². The molecule has 0 aliphatic rings. The average molecular weight is 497 g/mol. The third-order valence-corrected chi connectivity index (χ3v) is 5.90. The molecule has 2 N–H and O–H groups in total. The van der Waals surface area contributed by atoms with Crippen LogP contribution in [0.15, 0.2) is 48.5 Å². The minimum absolute atomic E-state index is 0.0512. The van der Waals surface area contributed by atoms with Crippen molar-refractivity contribution in [2.24, 2.45) is 0 Å². The molecule has 198 valence electrons. The smallest absolute Gasteiger partial charge is 0.251 e. The highest BCUT2D eigenvalue weighted by Gasteiger charge is 2.07. The largest absolute Gasteiger partial charge is 0.494 e. The highest BCUT2D eigenvalue weighted by Crippen LogP contribution is 2.15. The molecule has 0 atom stereocenters. The summed E-state index contributed by atoms with van der Waals surface area (Å²) >= 11 is 0. The first-order valence-corrected chi connectivity index (χ1v) is 13.7. The molecule has 0 unspecified atom stereocenters. The van der Waals surface area contributed by atoms with Crippen LogP contribution in [-0.4, -0.2) is 38.1 Å². The van der Waals surface area contributed by atoms with E-state index < -0.39 is 0 Å². The molecule has 0 aliphatic heterocycles. The molecule has 0 spiro atoms. The quantitative estimate of drug-likeness (QED) is 0.216. The Morgan fingerprint density at radius 3 is 1.44 bits per heavy atom. The zero-order chi connectivity index (χ0) is 25.8. The molecule has 0 aliphatic carbocycles. The Morgan fingerprint density at radius 2 is 1.03 bits per heavy atom. The number of hydrogen-bond donors (Lipinski definition) is 2. The van der Waals surface area contributed by atoms with E-state index in [-0.39, 0.29) is 11.8 Å². The standard InChI is InChI=1S/C30H44N2O4/c1-3-5-21-35-27-17-13-15-25(23-27)29(33)31-19-11-9-7-8-10-12-20-32-30(34)26-16-14-18-28(24-26)36-22-6-4-2/h13-18,23-24H,3-12,19-22H2,1-2H3,(H,31,33)(H,32,34). The number of benzene rings is 2. The van der Waals surface area contributed by atoms with Crippen LogP contribution in [0.3, 0.4) is 0 Å². The van der Waals surface area contributed by atoms with Gasteiger partial charge < -0.3 is 20.1 Å². The van der Waals surface area contributed by atoms with Crippen LogP contribution in [0.2, 0.25) is 0 Å². The third kappa shape index (κ3) is 12.1. The SMILES string of the molecule is CCCCOc1cccc(C(=O)NCCCCCCCCNC(=O)c2cccc(OCCCC)c2)c1. The van der Waals surface area contributed by atoms with Crippen molar-refractivity contribution >= 4 is 11.8 Å². The lowest BCUT2D eigenvalue weighted by Crippen LogP contribution is -2.24. The maximum atomic E-state index is 12.4. The number of carbonyl (C=O) groups excluding carboxylic acids is 2. The Balaban J connectivity index is 1.50. The van der Waals surface area contributed by atoms with Crippen LogP contribution in [-0.2, 0) is 0 Å². The molecule has 0 heterocycles. The minimum atomic E-state index is -0.0512. The van der Waals surface area contributed by atoms with Crippen LogP contribution in [0.5, 0.6) is 11.5 Å². The van der Waals surface area contributed by atoms with Gasteiger partial charge in [-0.2, -0.15) is 0 Å². The molecular weight excluding hydrogens is 452 g/mol. The fourth-order valence-electron chi connectivity index (χ4n) is 3.69. The van der Waals surface area contributed by atoms with Crippen molar-refractivity contribution in [1.29, 1.82) is 0 Å². The van der Waals surface area contributed by atoms with Crippen molar-refractivity contribution in [3.8, 4) is 11.5 Å². The van der Waals surface area contributed by atoms with Crippen molar-refractivity contribution in [2.75, 3.05) is 26.3 Å². The van der Waals surface area contributed by atoms with Gasteiger partial charge in [-0.3, -0.25) is 9.59 Å². The lowest BCUT2D eigenvalue weighted by atomic mass is 10.1. The Kier molecular flexibility index (Phi) is 14.8. The van der Waals surface area contributed by atoms with Crippen LogP contribution in [0, 0.1) is 0 Å². The van der Waals surface area contributed by atoms with E-state index in [0.717, 1.165) is 75.7 Å². The second-order valence-electron chi connectivity index (χ2n) is 9.09. The first kappa shape index (κ1) is 29.2. The highest BCUT2D eigenvalue weighted by atomic mass is 16.5. The molecule has 0 radical (unpaired) electrons. The van der Waals surface area contributed by atoms with Gasteiger partial charge >= 0.3 is 0 Å². The van der Waals surface area contributed by atoms with Crippen LogP contribution in [0.1, 0.15) is 98.8 Å². The fraction of sp³-hybridized carbons (Fsp3) is 0.533. The molecule has 0 bridgehead atoms. The van der Waals surface area contributed by atoms with Crippen molar-refractivity contribution in [2.45, 2.75) is 78.1 Å². The summed E-state index contributed by atoms with van der Waals surface area (Å²) in [5, 5.41) is 6.00. The molecule has 0 fully saturated rings. The monoisotopic (exact) mass is 496 g/mol. The molecular formula is C30H44N2O4. The van der Waals surface area contributed by atoms with Crippen molar-refractivity contribution in [3.63, 3.8) is 0 Å². The summed E-state index contributed by atoms with van der Waals surface area (Å²) in [5.41, 5.74) is 1.28. The first-order chi connectivity index (χ1) is 17.6. The summed E-state index contributed by atoms with van der Waals surface area (Å²) in [6, 6.07) is 14.7. The molecule has 6 nitrogen and oxygen atoms in total. The minimum Gasteiger partial charge on any atom is -0.494 e. The summed E-state index contributed by atoms with van der Waals surface area (Å²) in [7, 11) is 0. The zero-order valence-corrected chi connectivity index (χ0v) is 22.2. The summed E-state index contributed by atoms with van der Waals surface area (Å²) in [4.78, 5) is 24.7. The molecule has 2 aromatic rings. The Bertz CT molecular complexity index is 827. The van der Waals surface area contributed by atoms with Crippen molar-refractivity contribution in [1.82, 2.24) is 10.6 Å². The Labute approximate surface area is 217 Å². The topological polar surface area (TPSA) is 76.7 Å². The summed E-state index contributed by atoms with van der Waals surface area (Å²) < 4.78 is 11.4. The predicted octanol–water partition coefficient (Wildman–Crippen LogP) is 6.54. The lowest BCUT2D eigenvalue weighted by Gasteiger charge is -2.09. The van der Waals surface area contributed by atoms with E-state index >= 15 is 0 Å². The molecule has 36 heavy (non-hydrogen) atoms. The van der Waals surface area contributed by atoms with E-state index in [9.17, 15) is 9.59 Å². The van der Waals surface area contributed by atoms with Crippen LogP contribution < -0.4 is 20.1 Å². The molecule has 2 aromatic carbocycles. The zero-order valence-electron chi connectivity index (χ0n) is 22.2. The number of amides is 2. The number of nitrogens with one attached hydrogen (secondary N) is 2. The van der Waals surface area contributed by atoms with Crippen LogP contribution >= 0.6 is 0 Å². The number of carbonyl (C=O) groups is 2. The van der Waals surface area contributed by atoms with Gasteiger partial charge in [-0.15, -0.1) is 0 Å². The predicted molar refractivity (Wildman–Crippen MR) is 146 cm³/mol. The van der Waals surface area contributed by atoms with E-state index in [1.54, 1.807) is 0 Å². The molecule has 0 saturated heterocycles. The van der Waals surface area contributed by atoms with Crippen molar-refractivity contribution < 1.29 is 19.1 Å². The van der Waals surface area contributed by atoms with E-state index in [0.29, 0.717) is 37.4 Å².